The van der Waals surface area contributed by atoms with E-state index in [1.807, 2.05) is 6.92 Å². The minimum absolute atomic E-state index is 0.0454. The molecule has 0 saturated carbocycles. The molecule has 6 heteroatoms. The van der Waals surface area contributed by atoms with Gasteiger partial charge in [0.25, 0.3) is 8.32 Å². The van der Waals surface area contributed by atoms with Gasteiger partial charge in [0.05, 0.1) is 11.9 Å². The number of methoxy groups -OCH3 is 2. The molecule has 2 aliphatic carbocycles. The molecule has 2 aliphatic rings. The van der Waals surface area contributed by atoms with Gasteiger partial charge in [0, 0.05) is 31.6 Å². The summed E-state index contributed by atoms with van der Waals surface area (Å²) >= 11 is 0. The molecule has 0 bridgehead atoms. The van der Waals surface area contributed by atoms with E-state index in [1.165, 1.54) is 0 Å². The van der Waals surface area contributed by atoms with Crippen molar-refractivity contribution in [1.82, 2.24) is 0 Å². The first-order valence-corrected chi connectivity index (χ1v) is 15.3. The van der Waals surface area contributed by atoms with Gasteiger partial charge in [-0.2, -0.15) is 0 Å². The Morgan fingerprint density at radius 3 is 2.03 bits per heavy atom. The average Bonchev–Trinajstić information content (AvgIpc) is 2.75. The summed E-state index contributed by atoms with van der Waals surface area (Å²) in [7, 11) is 1.09. The maximum atomic E-state index is 13.7. The van der Waals surface area contributed by atoms with Crippen LogP contribution in [-0.4, -0.2) is 45.8 Å². The molecule has 34 heavy (non-hydrogen) atoms. The zero-order valence-corrected chi connectivity index (χ0v) is 24.6. The molecule has 0 saturated heterocycles. The van der Waals surface area contributed by atoms with Crippen LogP contribution in [0, 0.1) is 11.3 Å². The normalized spacial score (nSPS) is 24.3. The van der Waals surface area contributed by atoms with Gasteiger partial charge in [0.15, 0.2) is 12.1 Å². The maximum Gasteiger partial charge on any atom is 0.258 e. The third-order valence-electron chi connectivity index (χ3n) is 8.72. The van der Waals surface area contributed by atoms with Crippen LogP contribution in [-0.2, 0) is 18.7 Å². The number of ketones is 1. The molecule has 0 aromatic heterocycles. The number of hydrogen-bond acceptors (Lipinski definition) is 5. The number of aliphatic hydroxyl groups excluding tert-OH is 1. The predicted octanol–water partition coefficient (Wildman–Crippen LogP) is 6.92. The number of allylic oxidation sites excluding steroid dienone is 2. The molecule has 5 nitrogen and oxygen atoms in total. The van der Waals surface area contributed by atoms with E-state index in [1.54, 1.807) is 14.2 Å². The first-order chi connectivity index (χ1) is 15.7. The maximum absolute atomic E-state index is 13.7. The first-order valence-electron chi connectivity index (χ1n) is 13.1. The molecule has 2 atom stereocenters. The van der Waals surface area contributed by atoms with E-state index >= 15 is 0 Å². The smallest absolute Gasteiger partial charge is 0.258 e. The number of Topliss-reactive ketones (excluding diaryl/α,β-unsaturated/α-hetero) is 1. The molecule has 0 heterocycles. The van der Waals surface area contributed by atoms with E-state index in [4.69, 9.17) is 13.9 Å². The molecule has 196 valence electrons. The second kappa shape index (κ2) is 11.4. The lowest BCUT2D eigenvalue weighted by Gasteiger charge is -2.47. The van der Waals surface area contributed by atoms with Gasteiger partial charge in [0.2, 0.25) is 0 Å². The van der Waals surface area contributed by atoms with Crippen molar-refractivity contribution in [3.05, 3.63) is 22.5 Å². The van der Waals surface area contributed by atoms with Crippen LogP contribution in [0.2, 0.25) is 16.6 Å². The van der Waals surface area contributed by atoms with Crippen molar-refractivity contribution in [2.45, 2.75) is 123 Å². The fourth-order valence-electron chi connectivity index (χ4n) is 6.66. The van der Waals surface area contributed by atoms with Crippen LogP contribution in [0.1, 0.15) is 94.4 Å². The Morgan fingerprint density at radius 1 is 1.03 bits per heavy atom. The highest BCUT2D eigenvalue weighted by Gasteiger charge is 2.50. The number of rotatable bonds is 10. The average molecular weight is 495 g/mol. The second-order valence-electron chi connectivity index (χ2n) is 11.9. The van der Waals surface area contributed by atoms with Gasteiger partial charge in [-0.05, 0) is 66.3 Å². The van der Waals surface area contributed by atoms with Gasteiger partial charge < -0.3 is 19.0 Å². The molecule has 0 aromatic rings. The number of carbonyl (C=O) groups is 1. The molecule has 0 unspecified atom stereocenters. The highest BCUT2D eigenvalue weighted by Crippen LogP contribution is 2.50. The monoisotopic (exact) mass is 494 g/mol. The zero-order chi connectivity index (χ0) is 26.0. The summed E-state index contributed by atoms with van der Waals surface area (Å²) in [5.41, 5.74) is 3.60. The summed E-state index contributed by atoms with van der Waals surface area (Å²) in [6.45, 7) is 19.7. The Bertz CT molecular complexity index is 767. The van der Waals surface area contributed by atoms with E-state index in [9.17, 15) is 9.90 Å². The molecule has 1 N–H and O–H groups in total. The fraction of sp³-hybridized carbons (Fsp3) is 0.821. The highest BCUT2D eigenvalue weighted by molar-refractivity contribution is 6.77. The summed E-state index contributed by atoms with van der Waals surface area (Å²) in [5.74, 6) is 1.10. The quantitative estimate of drug-likeness (QED) is 0.203. The minimum Gasteiger partial charge on any atom is -0.545 e. The molecule has 0 radical (unpaired) electrons. The van der Waals surface area contributed by atoms with E-state index in [2.05, 4.69) is 55.4 Å². The van der Waals surface area contributed by atoms with Crippen LogP contribution in [0.4, 0.5) is 0 Å². The Morgan fingerprint density at radius 2 is 1.56 bits per heavy atom. The van der Waals surface area contributed by atoms with Gasteiger partial charge in [0.1, 0.15) is 0 Å². The number of ether oxygens (including phenoxy) is 2. The SMILES string of the molecule is COC(OC)C1=C(C[C@H]2CC(O[Si](C(C)C)(C(C)C)C(C)C)=C(C)C(=O)C2(C)C)[C@H](O)CCC1. The van der Waals surface area contributed by atoms with E-state index in [0.29, 0.717) is 23.0 Å². The minimum atomic E-state index is -2.18. The van der Waals surface area contributed by atoms with Crippen molar-refractivity contribution in [2.75, 3.05) is 14.2 Å². The molecule has 0 aliphatic heterocycles. The van der Waals surface area contributed by atoms with Crippen molar-refractivity contribution < 1.29 is 23.8 Å². The molecular weight excluding hydrogens is 444 g/mol. The molecule has 0 spiro atoms. The van der Waals surface area contributed by atoms with Crippen LogP contribution in [0.3, 0.4) is 0 Å². The van der Waals surface area contributed by atoms with Crippen LogP contribution < -0.4 is 0 Å². The van der Waals surface area contributed by atoms with Crippen molar-refractivity contribution in [3.63, 3.8) is 0 Å². The van der Waals surface area contributed by atoms with Crippen molar-refractivity contribution in [2.24, 2.45) is 11.3 Å². The molecule has 0 amide bonds. The summed E-state index contributed by atoms with van der Waals surface area (Å²) < 4.78 is 18.2. The fourth-order valence-corrected chi connectivity index (χ4v) is 12.0. The Hall–Kier alpha value is -0.953. The number of hydrogen-bond donors (Lipinski definition) is 1. The molecule has 0 fully saturated rings. The van der Waals surface area contributed by atoms with Crippen molar-refractivity contribution >= 4 is 14.1 Å². The van der Waals surface area contributed by atoms with Crippen LogP contribution in [0.25, 0.3) is 0 Å². The molecule has 0 aromatic carbocycles. The van der Waals surface area contributed by atoms with Crippen LogP contribution in [0.5, 0.6) is 0 Å². The lowest BCUT2D eigenvalue weighted by molar-refractivity contribution is -0.127. The van der Waals surface area contributed by atoms with Crippen LogP contribution >= 0.6 is 0 Å². The summed E-state index contributed by atoms with van der Waals surface area (Å²) in [6, 6.07) is 0. The van der Waals surface area contributed by atoms with E-state index < -0.39 is 26.1 Å². The van der Waals surface area contributed by atoms with Gasteiger partial charge in [-0.3, -0.25) is 4.79 Å². The Labute approximate surface area is 209 Å². The lowest BCUT2D eigenvalue weighted by Crippen LogP contribution is -2.49. The summed E-state index contributed by atoms with van der Waals surface area (Å²) in [6.07, 6.45) is 2.90. The number of carbonyl (C=O) groups excluding carboxylic acids is 1. The Balaban J connectivity index is 2.51. The van der Waals surface area contributed by atoms with E-state index in [0.717, 1.165) is 48.2 Å². The van der Waals surface area contributed by atoms with Gasteiger partial charge in [-0.1, -0.05) is 55.4 Å². The standard InChI is InChI=1S/C28H50O5Si/c1-17(2)34(18(3)4,19(5)6)33-25-16-21(28(8,9)26(30)20(25)7)15-23-22(27(31-10)32-11)13-12-14-24(23)29/h17-19,21,24,27,29H,12-16H2,1-11H3/t21-,24+/m0/s1. The highest BCUT2D eigenvalue weighted by atomic mass is 28.4. The third kappa shape index (κ3) is 5.40. The topological polar surface area (TPSA) is 65.0 Å². The Kier molecular flexibility index (Phi) is 9.82. The molecule has 2 rings (SSSR count). The van der Waals surface area contributed by atoms with Crippen molar-refractivity contribution in [1.29, 1.82) is 0 Å². The first kappa shape index (κ1) is 29.3. The summed E-state index contributed by atoms with van der Waals surface area (Å²) in [4.78, 5) is 13.7. The van der Waals surface area contributed by atoms with Crippen LogP contribution in [0.15, 0.2) is 22.5 Å². The molecular formula is C28H50O5Si. The van der Waals surface area contributed by atoms with Gasteiger partial charge in [-0.15, -0.1) is 0 Å². The zero-order valence-electron chi connectivity index (χ0n) is 23.6. The third-order valence-corrected chi connectivity index (χ3v) is 14.7. The number of aliphatic hydroxyl groups is 1. The summed E-state index contributed by atoms with van der Waals surface area (Å²) in [5, 5.41) is 11.0. The lowest BCUT2D eigenvalue weighted by atomic mass is 9.64. The predicted molar refractivity (Wildman–Crippen MR) is 141 cm³/mol. The van der Waals surface area contributed by atoms with Crippen molar-refractivity contribution in [3.8, 4) is 0 Å². The van der Waals surface area contributed by atoms with Gasteiger partial charge in [-0.25, -0.2) is 0 Å². The van der Waals surface area contributed by atoms with Gasteiger partial charge >= 0.3 is 0 Å². The largest absolute Gasteiger partial charge is 0.545 e. The second-order valence-corrected chi connectivity index (χ2v) is 17.3. The van der Waals surface area contributed by atoms with E-state index in [-0.39, 0.29) is 11.7 Å².